The second-order valence-corrected chi connectivity index (χ2v) is 9.50. The number of aryl methyl sites for hydroxylation is 1. The van der Waals surface area contributed by atoms with Gasteiger partial charge in [0.05, 0.1) is 5.69 Å². The van der Waals surface area contributed by atoms with Gasteiger partial charge in [0.25, 0.3) is 0 Å². The Morgan fingerprint density at radius 3 is 2.49 bits per heavy atom. The quantitative estimate of drug-likeness (QED) is 0.324. The number of hydrogen-bond donors (Lipinski definition) is 0. The molecule has 0 unspecified atom stereocenters. The fourth-order valence-electron chi connectivity index (χ4n) is 5.26. The van der Waals surface area contributed by atoms with E-state index in [1.165, 1.54) is 11.8 Å². The summed E-state index contributed by atoms with van der Waals surface area (Å²) in [6, 6.07) is 17.6. The van der Waals surface area contributed by atoms with Gasteiger partial charge in [-0.2, -0.15) is 0 Å². The number of anilines is 1. The lowest BCUT2D eigenvalue weighted by molar-refractivity contribution is 0.174. The molecule has 0 saturated carbocycles. The van der Waals surface area contributed by atoms with Crippen molar-refractivity contribution in [2.75, 3.05) is 37.9 Å². The second kappa shape index (κ2) is 8.67. The highest BCUT2D eigenvalue weighted by Crippen LogP contribution is 2.40. The molecule has 0 radical (unpaired) electrons. The molecule has 37 heavy (non-hydrogen) atoms. The Kier molecular flexibility index (Phi) is 5.14. The lowest BCUT2D eigenvalue weighted by Crippen LogP contribution is -2.46. The van der Waals surface area contributed by atoms with E-state index in [1.807, 2.05) is 31.3 Å². The Bertz CT molecular complexity index is 1680. The molecule has 0 atom stereocenters. The number of aromatic nitrogens is 1. The molecule has 0 N–H and O–H groups in total. The van der Waals surface area contributed by atoms with Gasteiger partial charge < -0.3 is 23.2 Å². The van der Waals surface area contributed by atoms with Gasteiger partial charge in [-0.25, -0.2) is 4.79 Å². The van der Waals surface area contributed by atoms with Crippen molar-refractivity contribution in [2.24, 2.45) is 0 Å². The lowest BCUT2D eigenvalue weighted by Gasteiger charge is -2.36. The summed E-state index contributed by atoms with van der Waals surface area (Å²) >= 11 is 0. The van der Waals surface area contributed by atoms with Gasteiger partial charge >= 0.3 is 5.63 Å². The van der Waals surface area contributed by atoms with Crippen LogP contribution in [-0.2, 0) is 6.54 Å². The highest BCUT2D eigenvalue weighted by atomic mass is 16.7. The summed E-state index contributed by atoms with van der Waals surface area (Å²) in [4.78, 5) is 21.9. The van der Waals surface area contributed by atoms with Gasteiger partial charge in [0, 0.05) is 73.1 Å². The summed E-state index contributed by atoms with van der Waals surface area (Å²) in [5.41, 5.74) is 4.55. The number of nitrogens with zero attached hydrogens (tertiary/aromatic N) is 3. The highest BCUT2D eigenvalue weighted by molar-refractivity contribution is 5.97. The second-order valence-electron chi connectivity index (χ2n) is 9.50. The van der Waals surface area contributed by atoms with E-state index in [2.05, 4.69) is 39.0 Å². The van der Waals surface area contributed by atoms with Crippen LogP contribution in [-0.4, -0.2) is 42.9 Å². The molecule has 0 aliphatic carbocycles. The lowest BCUT2D eigenvalue weighted by atomic mass is 10.1. The Morgan fingerprint density at radius 2 is 1.68 bits per heavy atom. The summed E-state index contributed by atoms with van der Waals surface area (Å²) in [6.07, 6.45) is 1.94. The zero-order valence-corrected chi connectivity index (χ0v) is 20.4. The predicted octanol–water partition coefficient (Wildman–Crippen LogP) is 4.96. The van der Waals surface area contributed by atoms with Crippen LogP contribution in [0.3, 0.4) is 0 Å². The maximum absolute atomic E-state index is 12.4. The molecule has 5 heterocycles. The maximum Gasteiger partial charge on any atom is 0.336 e. The van der Waals surface area contributed by atoms with Gasteiger partial charge in [0.15, 0.2) is 17.1 Å². The van der Waals surface area contributed by atoms with E-state index in [4.69, 9.17) is 18.3 Å². The van der Waals surface area contributed by atoms with Gasteiger partial charge in [0.2, 0.25) is 6.79 Å². The number of pyridine rings is 1. The molecule has 0 spiro atoms. The van der Waals surface area contributed by atoms with Crippen LogP contribution in [0.2, 0.25) is 0 Å². The zero-order valence-electron chi connectivity index (χ0n) is 20.4. The third-order valence-corrected chi connectivity index (χ3v) is 7.21. The van der Waals surface area contributed by atoms with E-state index in [0.29, 0.717) is 28.4 Å². The summed E-state index contributed by atoms with van der Waals surface area (Å²) in [5, 5.41) is 1.74. The number of fused-ring (bicyclic) bond motifs is 3. The fraction of sp³-hybridized carbons (Fsp3) is 0.241. The molecular formula is C29H25N3O5. The number of piperazine rings is 1. The molecule has 1 fully saturated rings. The fourth-order valence-corrected chi connectivity index (χ4v) is 5.26. The first-order chi connectivity index (χ1) is 18.1. The van der Waals surface area contributed by atoms with Crippen LogP contribution in [0.15, 0.2) is 74.4 Å². The van der Waals surface area contributed by atoms with E-state index in [-0.39, 0.29) is 6.79 Å². The van der Waals surface area contributed by atoms with Gasteiger partial charge in [-0.05, 0) is 36.8 Å². The predicted molar refractivity (Wildman–Crippen MR) is 140 cm³/mol. The van der Waals surface area contributed by atoms with Gasteiger partial charge in [-0.1, -0.05) is 18.2 Å². The molecule has 2 aliphatic heterocycles. The summed E-state index contributed by atoms with van der Waals surface area (Å²) in [7, 11) is 0. The Hall–Kier alpha value is -4.30. The number of benzene rings is 2. The van der Waals surface area contributed by atoms with Crippen molar-refractivity contribution in [3.05, 3.63) is 82.5 Å². The molecule has 2 aliphatic rings. The number of hydrogen-bond acceptors (Lipinski definition) is 8. The summed E-state index contributed by atoms with van der Waals surface area (Å²) in [6.45, 7) is 6.74. The van der Waals surface area contributed by atoms with Gasteiger partial charge in [-0.3, -0.25) is 9.88 Å². The number of rotatable bonds is 4. The molecule has 5 aromatic rings. The van der Waals surface area contributed by atoms with E-state index in [0.717, 1.165) is 60.3 Å². The van der Waals surface area contributed by atoms with Crippen LogP contribution in [0.25, 0.3) is 33.3 Å². The van der Waals surface area contributed by atoms with Crippen LogP contribution in [0.5, 0.6) is 11.5 Å². The Balaban J connectivity index is 1.22. The molecule has 0 amide bonds. The standard InChI is InChI=1S/C29H25N3O5/c1-18-29-21(19(15-30-18)16-31-7-9-32(10-8-31)20-5-3-2-4-6-20)11-24(37-29)23-13-28(33)36-25-14-27-26(12-22(23)25)34-17-35-27/h2-6,11-15H,7-10,16-17H2,1H3. The average molecular weight is 496 g/mol. The monoisotopic (exact) mass is 495 g/mol. The molecule has 8 nitrogen and oxygen atoms in total. The highest BCUT2D eigenvalue weighted by Gasteiger charge is 2.22. The minimum Gasteiger partial charge on any atom is -0.454 e. The SMILES string of the molecule is Cc1ncc(CN2CCN(c3ccccc3)CC2)c2cc(-c3cc(=O)oc4cc5c(cc34)OCO5)oc12. The van der Waals surface area contributed by atoms with E-state index >= 15 is 0 Å². The third kappa shape index (κ3) is 3.90. The molecular weight excluding hydrogens is 470 g/mol. The van der Waals surface area contributed by atoms with Crippen LogP contribution in [0.4, 0.5) is 5.69 Å². The minimum absolute atomic E-state index is 0.143. The van der Waals surface area contributed by atoms with E-state index in [1.54, 1.807) is 6.07 Å². The van der Waals surface area contributed by atoms with Gasteiger partial charge in [0.1, 0.15) is 11.3 Å². The minimum atomic E-state index is -0.451. The Labute approximate surface area is 212 Å². The van der Waals surface area contributed by atoms with Crippen molar-refractivity contribution in [3.8, 4) is 22.8 Å². The molecule has 2 aromatic carbocycles. The maximum atomic E-state index is 12.4. The Morgan fingerprint density at radius 1 is 0.892 bits per heavy atom. The first kappa shape index (κ1) is 21.9. The average Bonchev–Trinajstić information content (AvgIpc) is 3.57. The van der Waals surface area contributed by atoms with Crippen molar-refractivity contribution >= 4 is 27.6 Å². The zero-order chi connectivity index (χ0) is 24.9. The number of para-hydroxylation sites is 1. The summed E-state index contributed by atoms with van der Waals surface area (Å²) < 4.78 is 22.8. The first-order valence-electron chi connectivity index (χ1n) is 12.4. The third-order valence-electron chi connectivity index (χ3n) is 7.21. The van der Waals surface area contributed by atoms with Crippen molar-refractivity contribution < 1.29 is 18.3 Å². The van der Waals surface area contributed by atoms with Crippen molar-refractivity contribution in [1.82, 2.24) is 9.88 Å². The molecule has 1 saturated heterocycles. The molecule has 186 valence electrons. The van der Waals surface area contributed by atoms with Crippen LogP contribution < -0.4 is 20.0 Å². The molecule has 8 heteroatoms. The van der Waals surface area contributed by atoms with Crippen molar-refractivity contribution in [2.45, 2.75) is 13.5 Å². The van der Waals surface area contributed by atoms with Crippen LogP contribution >= 0.6 is 0 Å². The van der Waals surface area contributed by atoms with Crippen molar-refractivity contribution in [1.29, 1.82) is 0 Å². The molecule has 7 rings (SSSR count). The molecule has 3 aromatic heterocycles. The van der Waals surface area contributed by atoms with Crippen LogP contribution in [0, 0.1) is 6.92 Å². The topological polar surface area (TPSA) is 81.2 Å². The normalized spacial score (nSPS) is 15.6. The largest absolute Gasteiger partial charge is 0.454 e. The van der Waals surface area contributed by atoms with E-state index in [9.17, 15) is 4.79 Å². The number of ether oxygens (including phenoxy) is 2. The smallest absolute Gasteiger partial charge is 0.336 e. The van der Waals surface area contributed by atoms with E-state index < -0.39 is 5.63 Å². The van der Waals surface area contributed by atoms with Crippen LogP contribution in [0.1, 0.15) is 11.3 Å². The molecule has 0 bridgehead atoms. The number of furan rings is 1. The first-order valence-corrected chi connectivity index (χ1v) is 12.4. The van der Waals surface area contributed by atoms with Gasteiger partial charge in [-0.15, -0.1) is 0 Å². The van der Waals surface area contributed by atoms with Crippen molar-refractivity contribution in [3.63, 3.8) is 0 Å². The summed E-state index contributed by atoms with van der Waals surface area (Å²) in [5.74, 6) is 1.78.